The number of nitrogens with zero attached hydrogens (tertiary/aromatic N) is 4. The number of amides is 1. The Kier molecular flexibility index (Phi) is 6.07. The molecule has 38 heavy (non-hydrogen) atoms. The van der Waals surface area contributed by atoms with Gasteiger partial charge in [-0.1, -0.05) is 50.3 Å². The number of aromatic nitrogens is 2. The molecule has 5 rings (SSSR count). The van der Waals surface area contributed by atoms with E-state index in [2.05, 4.69) is 9.97 Å². The third-order valence-electron chi connectivity index (χ3n) is 6.55. The summed E-state index contributed by atoms with van der Waals surface area (Å²) in [5, 5.41) is 23.0. The minimum atomic E-state index is -1.04. The molecule has 0 spiro atoms. The summed E-state index contributed by atoms with van der Waals surface area (Å²) < 4.78 is 0.490. The molecule has 10 heteroatoms. The van der Waals surface area contributed by atoms with Crippen LogP contribution in [0, 0.1) is 17.0 Å². The maximum absolute atomic E-state index is 13.5. The van der Waals surface area contributed by atoms with Crippen LogP contribution in [-0.4, -0.2) is 31.7 Å². The summed E-state index contributed by atoms with van der Waals surface area (Å²) in [5.74, 6) is -2.01. The van der Waals surface area contributed by atoms with Crippen molar-refractivity contribution in [2.45, 2.75) is 39.2 Å². The number of fused-ring (bicyclic) bond motifs is 1. The van der Waals surface area contributed by atoms with Gasteiger partial charge in [-0.15, -0.1) is 0 Å². The molecule has 1 atom stereocenters. The van der Waals surface area contributed by atoms with Crippen molar-refractivity contribution in [3.63, 3.8) is 0 Å². The van der Waals surface area contributed by atoms with E-state index in [0.29, 0.717) is 21.5 Å². The van der Waals surface area contributed by atoms with E-state index >= 15 is 0 Å². The van der Waals surface area contributed by atoms with E-state index in [1.54, 1.807) is 24.4 Å². The summed E-state index contributed by atoms with van der Waals surface area (Å²) in [5.41, 5.74) is 2.58. The van der Waals surface area contributed by atoms with Gasteiger partial charge in [-0.25, -0.2) is 4.98 Å². The second kappa shape index (κ2) is 9.14. The lowest BCUT2D eigenvalue weighted by Gasteiger charge is -2.23. The minimum Gasteiger partial charge on any atom is -0.507 e. The van der Waals surface area contributed by atoms with Gasteiger partial charge in [0.15, 0.2) is 5.13 Å². The predicted octanol–water partition coefficient (Wildman–Crippen LogP) is 5.83. The summed E-state index contributed by atoms with van der Waals surface area (Å²) in [6.45, 7) is 7.97. The molecule has 2 aromatic carbocycles. The van der Waals surface area contributed by atoms with Crippen LogP contribution in [0.4, 0.5) is 10.8 Å². The average Bonchev–Trinajstić information content (AvgIpc) is 3.41. The summed E-state index contributed by atoms with van der Waals surface area (Å²) in [7, 11) is 0. The van der Waals surface area contributed by atoms with E-state index in [4.69, 9.17) is 0 Å². The zero-order valence-electron chi connectivity index (χ0n) is 21.1. The topological polar surface area (TPSA) is 127 Å². The first kappa shape index (κ1) is 25.2. The Labute approximate surface area is 222 Å². The van der Waals surface area contributed by atoms with Crippen LogP contribution in [-0.2, 0) is 15.0 Å². The maximum atomic E-state index is 13.5. The number of ketones is 1. The average molecular weight is 529 g/mol. The first-order chi connectivity index (χ1) is 18.0. The van der Waals surface area contributed by atoms with Crippen LogP contribution in [0.25, 0.3) is 16.0 Å². The normalized spacial score (nSPS) is 17.4. The number of nitro benzene ring substituents is 1. The Morgan fingerprint density at radius 3 is 2.53 bits per heavy atom. The second-order valence-corrected chi connectivity index (χ2v) is 11.1. The number of rotatable bonds is 4. The molecule has 9 nitrogen and oxygen atoms in total. The van der Waals surface area contributed by atoms with Gasteiger partial charge in [-0.05, 0) is 47.7 Å². The van der Waals surface area contributed by atoms with Gasteiger partial charge in [0.2, 0.25) is 0 Å². The van der Waals surface area contributed by atoms with Gasteiger partial charge in [0.1, 0.15) is 11.8 Å². The lowest BCUT2D eigenvalue weighted by atomic mass is 9.84. The smallest absolute Gasteiger partial charge is 0.301 e. The first-order valence-corrected chi connectivity index (χ1v) is 12.7. The number of aliphatic hydroxyl groups excluding tert-OH is 1. The van der Waals surface area contributed by atoms with Crippen molar-refractivity contribution in [3.8, 4) is 0 Å². The van der Waals surface area contributed by atoms with Crippen LogP contribution in [0.5, 0.6) is 0 Å². The standard InChI is InChI=1S/C28H24N4O5S/c1-15-8-9-16(28(2,3)4)13-18(15)24(33)22-23(20-7-5-6-12-29-20)31(26(35)25(22)34)27-30-19-11-10-17(32(36)37)14-21(19)38-27/h5-14,23,33H,1-4H3/b24-22+. The van der Waals surface area contributed by atoms with E-state index in [-0.39, 0.29) is 27.6 Å². The zero-order chi connectivity index (χ0) is 27.4. The van der Waals surface area contributed by atoms with Crippen molar-refractivity contribution in [2.24, 2.45) is 0 Å². The Balaban J connectivity index is 1.73. The molecule has 1 aliphatic heterocycles. The molecule has 0 bridgehead atoms. The number of pyridine rings is 1. The number of non-ortho nitro benzene ring substituents is 1. The molecule has 0 radical (unpaired) electrons. The van der Waals surface area contributed by atoms with E-state index in [1.807, 2.05) is 45.9 Å². The number of nitro groups is 1. The van der Waals surface area contributed by atoms with Crippen molar-refractivity contribution in [3.05, 3.63) is 98.9 Å². The van der Waals surface area contributed by atoms with Crippen LogP contribution in [0.1, 0.15) is 49.2 Å². The molecular weight excluding hydrogens is 504 g/mol. The molecule has 1 N–H and O–H groups in total. The Morgan fingerprint density at radius 1 is 1.11 bits per heavy atom. The zero-order valence-corrected chi connectivity index (χ0v) is 21.9. The lowest BCUT2D eigenvalue weighted by molar-refractivity contribution is -0.384. The van der Waals surface area contributed by atoms with Crippen molar-refractivity contribution >= 4 is 49.8 Å². The molecule has 2 aromatic heterocycles. The molecule has 1 fully saturated rings. The van der Waals surface area contributed by atoms with Crippen molar-refractivity contribution in [1.29, 1.82) is 0 Å². The Bertz CT molecular complexity index is 1650. The predicted molar refractivity (Wildman–Crippen MR) is 145 cm³/mol. The van der Waals surface area contributed by atoms with Gasteiger partial charge in [0, 0.05) is 23.9 Å². The van der Waals surface area contributed by atoms with Crippen LogP contribution in [0.15, 0.2) is 66.4 Å². The third kappa shape index (κ3) is 4.22. The van der Waals surface area contributed by atoms with Gasteiger partial charge in [-0.2, -0.15) is 0 Å². The van der Waals surface area contributed by atoms with Gasteiger partial charge < -0.3 is 5.11 Å². The van der Waals surface area contributed by atoms with E-state index in [0.717, 1.165) is 22.5 Å². The number of thiazole rings is 1. The summed E-state index contributed by atoms with van der Waals surface area (Å²) >= 11 is 1.05. The number of hydrogen-bond acceptors (Lipinski definition) is 8. The van der Waals surface area contributed by atoms with Gasteiger partial charge in [0.25, 0.3) is 11.5 Å². The summed E-state index contributed by atoms with van der Waals surface area (Å²) in [4.78, 5) is 47.8. The fourth-order valence-electron chi connectivity index (χ4n) is 4.45. The lowest BCUT2D eigenvalue weighted by Crippen LogP contribution is -2.29. The number of benzene rings is 2. The molecule has 1 aliphatic rings. The van der Waals surface area contributed by atoms with Crippen molar-refractivity contribution in [1.82, 2.24) is 9.97 Å². The first-order valence-electron chi connectivity index (χ1n) is 11.9. The SMILES string of the molecule is Cc1ccc(C(C)(C)C)cc1/C(O)=C1\C(=O)C(=O)N(c2nc3ccc([N+](=O)[O-])cc3s2)C1c1ccccn1. The van der Waals surface area contributed by atoms with E-state index in [9.17, 15) is 24.8 Å². The van der Waals surface area contributed by atoms with Crippen molar-refractivity contribution in [2.75, 3.05) is 4.90 Å². The molecule has 3 heterocycles. The molecule has 1 unspecified atom stereocenters. The molecule has 192 valence electrons. The highest BCUT2D eigenvalue weighted by Gasteiger charge is 2.49. The number of anilines is 1. The van der Waals surface area contributed by atoms with Crippen LogP contribution < -0.4 is 4.90 Å². The maximum Gasteiger partial charge on any atom is 0.301 e. The molecule has 1 amide bonds. The van der Waals surface area contributed by atoms with Crippen molar-refractivity contribution < 1.29 is 19.6 Å². The number of carbonyl (C=O) groups is 2. The van der Waals surface area contributed by atoms with Gasteiger partial charge in [0.05, 0.1) is 26.4 Å². The highest BCUT2D eigenvalue weighted by atomic mass is 32.1. The quantitative estimate of drug-likeness (QED) is 0.116. The third-order valence-corrected chi connectivity index (χ3v) is 7.57. The number of aliphatic hydroxyl groups is 1. The Morgan fingerprint density at radius 2 is 1.87 bits per heavy atom. The molecule has 0 aliphatic carbocycles. The number of aryl methyl sites for hydroxylation is 1. The number of carbonyl (C=O) groups excluding carboxylic acids is 2. The fourth-order valence-corrected chi connectivity index (χ4v) is 5.48. The van der Waals surface area contributed by atoms with Gasteiger partial charge in [-0.3, -0.25) is 29.6 Å². The molecule has 0 saturated carbocycles. The van der Waals surface area contributed by atoms with Gasteiger partial charge >= 0.3 is 5.91 Å². The molecule has 1 saturated heterocycles. The van der Waals surface area contributed by atoms with Crippen LogP contribution in [0.3, 0.4) is 0 Å². The Hall–Kier alpha value is -4.44. The minimum absolute atomic E-state index is 0.0897. The number of hydrogen-bond donors (Lipinski definition) is 1. The summed E-state index contributed by atoms with van der Waals surface area (Å²) in [6.07, 6.45) is 1.54. The molecule has 4 aromatic rings. The second-order valence-electron chi connectivity index (χ2n) is 10.1. The van der Waals surface area contributed by atoms with Crippen LogP contribution >= 0.6 is 11.3 Å². The van der Waals surface area contributed by atoms with E-state index in [1.165, 1.54) is 23.1 Å². The highest BCUT2D eigenvalue weighted by Crippen LogP contribution is 2.44. The fraction of sp³-hybridized carbons (Fsp3) is 0.214. The summed E-state index contributed by atoms with van der Waals surface area (Å²) in [6, 6.07) is 14.0. The van der Waals surface area contributed by atoms with Crippen LogP contribution in [0.2, 0.25) is 0 Å². The van der Waals surface area contributed by atoms with E-state index < -0.39 is 22.7 Å². The highest BCUT2D eigenvalue weighted by molar-refractivity contribution is 7.22. The molecular formula is C28H24N4O5S. The monoisotopic (exact) mass is 528 g/mol. The number of Topliss-reactive ketones (excluding diaryl/α,β-unsaturated/α-hetero) is 1. The largest absolute Gasteiger partial charge is 0.507 e.